The summed E-state index contributed by atoms with van der Waals surface area (Å²) < 4.78 is 1.96. The van der Waals surface area contributed by atoms with Gasteiger partial charge in [0, 0.05) is 22.8 Å². The van der Waals surface area contributed by atoms with E-state index in [-0.39, 0.29) is 11.6 Å². The van der Waals surface area contributed by atoms with Gasteiger partial charge in [0.25, 0.3) is 5.56 Å². The Morgan fingerprint density at radius 2 is 1.89 bits per heavy atom. The fraction of sp³-hybridized carbons (Fsp3) is 0.667. The molecule has 0 saturated carbocycles. The first-order chi connectivity index (χ1) is 8.32. The van der Waals surface area contributed by atoms with Gasteiger partial charge >= 0.3 is 0 Å². The van der Waals surface area contributed by atoms with E-state index in [9.17, 15) is 4.79 Å². The molecule has 1 aliphatic carbocycles. The Morgan fingerprint density at radius 1 is 1.28 bits per heavy atom. The van der Waals surface area contributed by atoms with Crippen LogP contribution in [0.25, 0.3) is 0 Å². The molecule has 0 saturated heterocycles. The van der Waals surface area contributed by atoms with Crippen LogP contribution in [-0.4, -0.2) is 4.57 Å². The zero-order valence-electron chi connectivity index (χ0n) is 11.9. The molecule has 2 rings (SSSR count). The second-order valence-corrected chi connectivity index (χ2v) is 6.23. The Bertz CT molecular complexity index is 506. The maximum absolute atomic E-state index is 12.6. The second-order valence-electron chi connectivity index (χ2n) is 6.23. The van der Waals surface area contributed by atoms with E-state index in [1.807, 2.05) is 18.4 Å². The first kappa shape index (κ1) is 13.3. The Hall–Kier alpha value is -1.09. The van der Waals surface area contributed by atoms with E-state index >= 15 is 0 Å². The van der Waals surface area contributed by atoms with E-state index in [2.05, 4.69) is 19.9 Å². The predicted octanol–water partition coefficient (Wildman–Crippen LogP) is 2.50. The molecule has 1 aromatic rings. The Kier molecular flexibility index (Phi) is 3.37. The normalized spacial score (nSPS) is 15.9. The van der Waals surface area contributed by atoms with Gasteiger partial charge in [-0.15, -0.1) is 0 Å². The largest absolute Gasteiger partial charge is 0.322 e. The molecule has 0 fully saturated rings. The highest BCUT2D eigenvalue weighted by Gasteiger charge is 2.25. The molecular formula is C15H24N2O. The molecule has 0 atom stereocenters. The van der Waals surface area contributed by atoms with Gasteiger partial charge in [0.15, 0.2) is 0 Å². The third kappa shape index (κ3) is 2.24. The van der Waals surface area contributed by atoms with E-state index in [1.54, 1.807) is 0 Å². The maximum Gasteiger partial charge on any atom is 0.256 e. The van der Waals surface area contributed by atoms with Crippen LogP contribution in [-0.2, 0) is 18.4 Å². The van der Waals surface area contributed by atoms with Gasteiger partial charge in [-0.2, -0.15) is 0 Å². The molecule has 0 bridgehead atoms. The summed E-state index contributed by atoms with van der Waals surface area (Å²) in [6.07, 6.45) is 4.50. The molecule has 3 heteroatoms. The monoisotopic (exact) mass is 248 g/mol. The van der Waals surface area contributed by atoms with Gasteiger partial charge in [-0.3, -0.25) is 4.79 Å². The van der Waals surface area contributed by atoms with Crippen LogP contribution < -0.4 is 11.3 Å². The quantitative estimate of drug-likeness (QED) is 0.874. The van der Waals surface area contributed by atoms with Gasteiger partial charge in [-0.25, -0.2) is 0 Å². The van der Waals surface area contributed by atoms with Crippen LogP contribution in [0.15, 0.2) is 10.9 Å². The standard InChI is InChI=1S/C15H24N2O/c1-10(2)17-13-8-6-5-7-11(13)9-12(14(17)18)15(3,4)16/h9-10H,5-8,16H2,1-4H3. The summed E-state index contributed by atoms with van der Waals surface area (Å²) in [5, 5.41) is 0. The minimum absolute atomic E-state index is 0.0955. The SMILES string of the molecule is CC(C)n1c2c(cc(C(C)(C)N)c1=O)CCCC2. The van der Waals surface area contributed by atoms with Crippen molar-refractivity contribution in [3.8, 4) is 0 Å². The molecular weight excluding hydrogens is 224 g/mol. The highest BCUT2D eigenvalue weighted by atomic mass is 16.1. The molecule has 100 valence electrons. The number of fused-ring (bicyclic) bond motifs is 1. The van der Waals surface area contributed by atoms with Gasteiger partial charge in [0.1, 0.15) is 0 Å². The molecule has 1 heterocycles. The summed E-state index contributed by atoms with van der Waals surface area (Å²) >= 11 is 0. The van der Waals surface area contributed by atoms with E-state index in [1.165, 1.54) is 24.1 Å². The van der Waals surface area contributed by atoms with Crippen LogP contribution in [0.5, 0.6) is 0 Å². The molecule has 0 aliphatic heterocycles. The van der Waals surface area contributed by atoms with Crippen LogP contribution in [0.1, 0.15) is 63.4 Å². The van der Waals surface area contributed by atoms with Gasteiger partial charge < -0.3 is 10.3 Å². The molecule has 0 unspecified atom stereocenters. The smallest absolute Gasteiger partial charge is 0.256 e. The number of hydrogen-bond acceptors (Lipinski definition) is 2. The number of nitrogens with two attached hydrogens (primary N) is 1. The Balaban J connectivity index is 2.73. The lowest BCUT2D eigenvalue weighted by molar-refractivity contribution is 0.484. The maximum atomic E-state index is 12.6. The van der Waals surface area contributed by atoms with Crippen LogP contribution in [0.3, 0.4) is 0 Å². The molecule has 0 spiro atoms. The van der Waals surface area contributed by atoms with Crippen LogP contribution in [0.2, 0.25) is 0 Å². The van der Waals surface area contributed by atoms with Crippen molar-refractivity contribution in [2.24, 2.45) is 5.73 Å². The number of pyridine rings is 1. The first-order valence-electron chi connectivity index (χ1n) is 6.89. The zero-order valence-corrected chi connectivity index (χ0v) is 11.9. The van der Waals surface area contributed by atoms with E-state index < -0.39 is 5.54 Å². The lowest BCUT2D eigenvalue weighted by Crippen LogP contribution is -2.40. The van der Waals surface area contributed by atoms with Crippen molar-refractivity contribution in [3.63, 3.8) is 0 Å². The van der Waals surface area contributed by atoms with Crippen molar-refractivity contribution in [2.75, 3.05) is 0 Å². The molecule has 0 radical (unpaired) electrons. The predicted molar refractivity (Wildman–Crippen MR) is 74.9 cm³/mol. The summed E-state index contributed by atoms with van der Waals surface area (Å²) in [6.45, 7) is 7.96. The highest BCUT2D eigenvalue weighted by molar-refractivity contribution is 5.32. The lowest BCUT2D eigenvalue weighted by atomic mass is 9.89. The van der Waals surface area contributed by atoms with Crippen molar-refractivity contribution in [1.29, 1.82) is 0 Å². The number of rotatable bonds is 2. The van der Waals surface area contributed by atoms with Gasteiger partial charge in [-0.05, 0) is 65.0 Å². The summed E-state index contributed by atoms with van der Waals surface area (Å²) in [7, 11) is 0. The molecule has 3 nitrogen and oxygen atoms in total. The molecule has 18 heavy (non-hydrogen) atoms. The number of hydrogen-bond donors (Lipinski definition) is 1. The van der Waals surface area contributed by atoms with Crippen LogP contribution in [0, 0.1) is 0 Å². The summed E-state index contributed by atoms with van der Waals surface area (Å²) in [6, 6.07) is 2.25. The minimum atomic E-state index is -0.569. The van der Waals surface area contributed by atoms with Gasteiger partial charge in [-0.1, -0.05) is 0 Å². The third-order valence-electron chi connectivity index (χ3n) is 3.75. The topological polar surface area (TPSA) is 48.0 Å². The fourth-order valence-corrected chi connectivity index (χ4v) is 2.84. The average molecular weight is 248 g/mol. The number of aryl methyl sites for hydroxylation is 1. The lowest BCUT2D eigenvalue weighted by Gasteiger charge is -2.28. The summed E-state index contributed by atoms with van der Waals surface area (Å²) in [5.41, 5.74) is 8.97. The van der Waals surface area contributed by atoms with Crippen LogP contribution >= 0.6 is 0 Å². The molecule has 1 aliphatic rings. The first-order valence-corrected chi connectivity index (χ1v) is 6.89. The highest BCUT2D eigenvalue weighted by Crippen LogP contribution is 2.25. The summed E-state index contributed by atoms with van der Waals surface area (Å²) in [4.78, 5) is 12.6. The van der Waals surface area contributed by atoms with E-state index in [0.29, 0.717) is 0 Å². The van der Waals surface area contributed by atoms with Crippen molar-refractivity contribution in [1.82, 2.24) is 4.57 Å². The molecule has 0 aromatic carbocycles. The van der Waals surface area contributed by atoms with Crippen LogP contribution in [0.4, 0.5) is 0 Å². The molecule has 0 amide bonds. The summed E-state index contributed by atoms with van der Waals surface area (Å²) in [5.74, 6) is 0. The van der Waals surface area contributed by atoms with Crippen molar-refractivity contribution in [2.45, 2.75) is 65.0 Å². The third-order valence-corrected chi connectivity index (χ3v) is 3.75. The van der Waals surface area contributed by atoms with E-state index in [0.717, 1.165) is 18.4 Å². The molecule has 1 aromatic heterocycles. The second kappa shape index (κ2) is 4.54. The van der Waals surface area contributed by atoms with Crippen molar-refractivity contribution < 1.29 is 0 Å². The molecule has 2 N–H and O–H groups in total. The fourth-order valence-electron chi connectivity index (χ4n) is 2.84. The Labute approximate surface area is 109 Å². The van der Waals surface area contributed by atoms with E-state index in [4.69, 9.17) is 5.73 Å². The van der Waals surface area contributed by atoms with Crippen molar-refractivity contribution in [3.05, 3.63) is 33.2 Å². The van der Waals surface area contributed by atoms with Crippen molar-refractivity contribution >= 4 is 0 Å². The Morgan fingerprint density at radius 3 is 2.44 bits per heavy atom. The average Bonchev–Trinajstić information content (AvgIpc) is 2.26. The van der Waals surface area contributed by atoms with Gasteiger partial charge in [0.05, 0.1) is 0 Å². The van der Waals surface area contributed by atoms with Gasteiger partial charge in [0.2, 0.25) is 0 Å². The number of nitrogens with zero attached hydrogens (tertiary/aromatic N) is 1. The number of aromatic nitrogens is 1. The zero-order chi connectivity index (χ0) is 13.5. The minimum Gasteiger partial charge on any atom is -0.322 e.